The number of likely N-dealkylation sites (tertiary alicyclic amines) is 1. The Morgan fingerprint density at radius 3 is 2.77 bits per heavy atom. The highest BCUT2D eigenvalue weighted by Gasteiger charge is 2.42. The molecule has 3 fully saturated rings. The first-order chi connectivity index (χ1) is 18.9. The third kappa shape index (κ3) is 5.30. The monoisotopic (exact) mass is 554 g/mol. The third-order valence-corrected chi connectivity index (χ3v) is 8.67. The number of hydrogen-bond acceptors (Lipinski definition) is 9. The molecule has 0 saturated carbocycles. The van der Waals surface area contributed by atoms with Crippen molar-refractivity contribution in [2.24, 2.45) is 0 Å². The van der Waals surface area contributed by atoms with Crippen LogP contribution in [0.1, 0.15) is 29.7 Å². The molecular weight excluding hydrogens is 520 g/mol. The second kappa shape index (κ2) is 10.9. The Bertz CT molecular complexity index is 1250. The third-order valence-electron chi connectivity index (χ3n) is 8.31. The molecule has 39 heavy (non-hydrogen) atoms. The van der Waals surface area contributed by atoms with Crippen LogP contribution in [0.3, 0.4) is 0 Å². The van der Waals surface area contributed by atoms with Gasteiger partial charge in [-0.3, -0.25) is 9.69 Å². The van der Waals surface area contributed by atoms with Crippen molar-refractivity contribution in [3.63, 3.8) is 0 Å². The van der Waals surface area contributed by atoms with Gasteiger partial charge < -0.3 is 29.3 Å². The standard InChI is InChI=1S/C28H35ClN6O4/c1-3-26(37)34-11-20-15-38-16-21(12-34)35(20)27-23-13-33(10-18-9-22(36)6-7-24(18)29)14-25(23)30-28(31-27)39-17-19-5-4-8-32(19)2/h3,6-7,9,19-21,36H,1,4-5,8,10-17H2,2H3/t19-,20?,21?/m0/s1. The number of carbonyl (C=O) groups excluding carboxylic acids is 1. The number of phenols is 1. The zero-order valence-corrected chi connectivity index (χ0v) is 23.0. The molecule has 1 aromatic carbocycles. The number of aromatic hydroxyl groups is 1. The number of piperazine rings is 1. The lowest BCUT2D eigenvalue weighted by molar-refractivity contribution is -0.129. The number of aromatic nitrogens is 2. The number of carbonyl (C=O) groups is 1. The van der Waals surface area contributed by atoms with Crippen LogP contribution in [-0.4, -0.2) is 100 Å². The van der Waals surface area contributed by atoms with Gasteiger partial charge in [0.1, 0.15) is 18.2 Å². The highest BCUT2D eigenvalue weighted by atomic mass is 35.5. The maximum absolute atomic E-state index is 12.5. The minimum absolute atomic E-state index is 0.0243. The van der Waals surface area contributed by atoms with Crippen LogP contribution in [0.5, 0.6) is 11.8 Å². The second-order valence-electron chi connectivity index (χ2n) is 11.0. The summed E-state index contributed by atoms with van der Waals surface area (Å²) in [5.74, 6) is 1.00. The van der Waals surface area contributed by atoms with Crippen molar-refractivity contribution in [1.29, 1.82) is 0 Å². The predicted molar refractivity (Wildman–Crippen MR) is 147 cm³/mol. The number of phenolic OH excluding ortho intramolecular Hbond substituents is 1. The number of nitrogens with zero attached hydrogens (tertiary/aromatic N) is 6. The number of amides is 1. The van der Waals surface area contributed by atoms with Crippen LogP contribution in [-0.2, 0) is 29.2 Å². The Hall–Kier alpha value is -2.92. The molecule has 0 aliphatic carbocycles. The summed E-state index contributed by atoms with van der Waals surface area (Å²) in [5, 5.41) is 10.6. The number of anilines is 1. The first kappa shape index (κ1) is 26.3. The molecule has 2 aromatic rings. The molecule has 5 heterocycles. The van der Waals surface area contributed by atoms with E-state index in [1.807, 2.05) is 4.90 Å². The van der Waals surface area contributed by atoms with Gasteiger partial charge in [0.05, 0.1) is 31.0 Å². The molecule has 4 aliphatic heterocycles. The fourth-order valence-corrected chi connectivity index (χ4v) is 6.45. The van der Waals surface area contributed by atoms with Crippen molar-refractivity contribution < 1.29 is 19.4 Å². The summed E-state index contributed by atoms with van der Waals surface area (Å²) in [7, 11) is 2.13. The van der Waals surface area contributed by atoms with E-state index in [1.54, 1.807) is 18.2 Å². The zero-order valence-electron chi connectivity index (χ0n) is 22.3. The number of fused-ring (bicyclic) bond motifs is 3. The van der Waals surface area contributed by atoms with Crippen LogP contribution in [0.4, 0.5) is 5.82 Å². The fourth-order valence-electron chi connectivity index (χ4n) is 6.27. The number of likely N-dealkylation sites (N-methyl/N-ethyl adjacent to an activating group) is 1. The van der Waals surface area contributed by atoms with Crippen molar-refractivity contribution in [1.82, 2.24) is 24.7 Å². The molecule has 0 spiro atoms. The molecule has 2 unspecified atom stereocenters. The summed E-state index contributed by atoms with van der Waals surface area (Å²) in [6.07, 6.45) is 3.66. The number of hydrogen-bond donors (Lipinski definition) is 1. The van der Waals surface area contributed by atoms with Crippen LogP contribution in [0, 0.1) is 0 Å². The zero-order chi connectivity index (χ0) is 27.1. The van der Waals surface area contributed by atoms with Crippen molar-refractivity contribution in [2.75, 3.05) is 51.4 Å². The van der Waals surface area contributed by atoms with Gasteiger partial charge in [-0.05, 0) is 56.3 Å². The number of ether oxygens (including phenoxy) is 2. The molecule has 11 heteroatoms. The van der Waals surface area contributed by atoms with Crippen molar-refractivity contribution in [3.05, 3.63) is 52.7 Å². The number of rotatable bonds is 7. The van der Waals surface area contributed by atoms with Gasteiger partial charge in [-0.2, -0.15) is 9.97 Å². The van der Waals surface area contributed by atoms with E-state index in [0.29, 0.717) is 69.6 Å². The largest absolute Gasteiger partial charge is 0.508 e. The number of halogens is 1. The lowest BCUT2D eigenvalue weighted by Crippen LogP contribution is -2.66. The summed E-state index contributed by atoms with van der Waals surface area (Å²) in [6.45, 7) is 9.27. The summed E-state index contributed by atoms with van der Waals surface area (Å²) in [4.78, 5) is 31.1. The normalized spacial score (nSPS) is 25.1. The van der Waals surface area contributed by atoms with E-state index in [9.17, 15) is 9.90 Å². The molecule has 2 bridgehead atoms. The Kier molecular flexibility index (Phi) is 7.37. The van der Waals surface area contributed by atoms with Crippen LogP contribution in [0.2, 0.25) is 5.02 Å². The summed E-state index contributed by atoms with van der Waals surface area (Å²) < 4.78 is 12.1. The molecule has 3 saturated heterocycles. The highest BCUT2D eigenvalue weighted by Crippen LogP contribution is 2.37. The Balaban J connectivity index is 1.30. The molecule has 0 radical (unpaired) electrons. The van der Waals surface area contributed by atoms with Gasteiger partial charge in [-0.25, -0.2) is 0 Å². The summed E-state index contributed by atoms with van der Waals surface area (Å²) >= 11 is 6.44. The van der Waals surface area contributed by atoms with Gasteiger partial charge in [0.15, 0.2) is 0 Å². The number of morpholine rings is 1. The SMILES string of the molecule is C=CC(=O)N1CC2COCC(C1)N2c1nc(OC[C@@H]2CCCN2C)nc2c1CN(Cc1cc(O)ccc1Cl)C2. The van der Waals surface area contributed by atoms with Crippen molar-refractivity contribution in [2.45, 2.75) is 50.6 Å². The maximum atomic E-state index is 12.5. The summed E-state index contributed by atoms with van der Waals surface area (Å²) in [6, 6.07) is 5.73. The molecule has 6 rings (SSSR count). The van der Waals surface area contributed by atoms with Gasteiger partial charge in [0.25, 0.3) is 0 Å². The molecule has 4 aliphatic rings. The van der Waals surface area contributed by atoms with Crippen molar-refractivity contribution in [3.8, 4) is 11.8 Å². The highest BCUT2D eigenvalue weighted by molar-refractivity contribution is 6.31. The van der Waals surface area contributed by atoms with E-state index in [2.05, 4.69) is 28.3 Å². The van der Waals surface area contributed by atoms with Gasteiger partial charge in [-0.1, -0.05) is 18.2 Å². The molecule has 1 aromatic heterocycles. The van der Waals surface area contributed by atoms with Crippen LogP contribution in [0.15, 0.2) is 30.9 Å². The van der Waals surface area contributed by atoms with E-state index >= 15 is 0 Å². The van der Waals surface area contributed by atoms with Crippen molar-refractivity contribution >= 4 is 23.3 Å². The number of benzene rings is 1. The molecule has 1 N–H and O–H groups in total. The minimum Gasteiger partial charge on any atom is -0.508 e. The maximum Gasteiger partial charge on any atom is 0.318 e. The van der Waals surface area contributed by atoms with E-state index in [0.717, 1.165) is 35.6 Å². The Morgan fingerprint density at radius 2 is 2.05 bits per heavy atom. The Labute approximate surface area is 233 Å². The topological polar surface area (TPSA) is 94.5 Å². The van der Waals surface area contributed by atoms with Crippen LogP contribution >= 0.6 is 11.6 Å². The fraction of sp³-hybridized carbons (Fsp3) is 0.536. The summed E-state index contributed by atoms with van der Waals surface area (Å²) in [5.41, 5.74) is 2.87. The quantitative estimate of drug-likeness (QED) is 0.518. The van der Waals surface area contributed by atoms with E-state index < -0.39 is 0 Å². The predicted octanol–water partition coefficient (Wildman–Crippen LogP) is 2.43. The molecule has 10 nitrogen and oxygen atoms in total. The van der Waals surface area contributed by atoms with Crippen LogP contribution in [0.25, 0.3) is 0 Å². The van der Waals surface area contributed by atoms with E-state index in [1.165, 1.54) is 12.5 Å². The molecule has 1 amide bonds. The molecule has 3 atom stereocenters. The first-order valence-corrected chi connectivity index (χ1v) is 14.0. The molecule has 208 valence electrons. The second-order valence-corrected chi connectivity index (χ2v) is 11.4. The van der Waals surface area contributed by atoms with Gasteiger partial charge in [0.2, 0.25) is 5.91 Å². The smallest absolute Gasteiger partial charge is 0.318 e. The van der Waals surface area contributed by atoms with Gasteiger partial charge in [0, 0.05) is 49.4 Å². The average Bonchev–Trinajstić information content (AvgIpc) is 3.52. The van der Waals surface area contributed by atoms with Crippen LogP contribution < -0.4 is 9.64 Å². The molecular formula is C28H35ClN6O4. The van der Waals surface area contributed by atoms with Gasteiger partial charge >= 0.3 is 6.01 Å². The minimum atomic E-state index is -0.0571. The average molecular weight is 555 g/mol. The lowest BCUT2D eigenvalue weighted by atomic mass is 10.0. The lowest BCUT2D eigenvalue weighted by Gasteiger charge is -2.50. The Morgan fingerprint density at radius 1 is 1.26 bits per heavy atom. The van der Waals surface area contributed by atoms with Gasteiger partial charge in [-0.15, -0.1) is 0 Å². The first-order valence-electron chi connectivity index (χ1n) is 13.6. The van der Waals surface area contributed by atoms with E-state index in [-0.39, 0.29) is 23.7 Å². The van der Waals surface area contributed by atoms with E-state index in [4.69, 9.17) is 31.0 Å².